The topological polar surface area (TPSA) is 64.9 Å². The smallest absolute Gasteiger partial charge is 0.223 e. The van der Waals surface area contributed by atoms with Gasteiger partial charge in [0.1, 0.15) is 0 Å². The average molecular weight is 203 g/mol. The third-order valence-corrected chi connectivity index (χ3v) is 2.19. The molecule has 4 nitrogen and oxygen atoms in total. The van der Waals surface area contributed by atoms with Gasteiger partial charge in [-0.3, -0.25) is 0 Å². The highest BCUT2D eigenvalue weighted by molar-refractivity contribution is 5.39. The summed E-state index contributed by atoms with van der Waals surface area (Å²) in [6.07, 6.45) is 1.69. The molecule has 2 aromatic rings. The lowest BCUT2D eigenvalue weighted by Gasteiger charge is -1.98. The number of aryl methyl sites for hydroxylation is 3. The predicted octanol–water partition coefficient (Wildman–Crippen LogP) is 1.75. The SMILES string of the molecule is Cc1nc(CCc2ccc(N)cc2)no1. The molecule has 2 N–H and O–H groups in total. The van der Waals surface area contributed by atoms with Crippen molar-refractivity contribution >= 4 is 5.69 Å². The lowest BCUT2D eigenvalue weighted by atomic mass is 10.1. The number of hydrogen-bond acceptors (Lipinski definition) is 4. The first kappa shape index (κ1) is 9.71. The number of benzene rings is 1. The summed E-state index contributed by atoms with van der Waals surface area (Å²) in [5, 5.41) is 3.84. The first-order valence-electron chi connectivity index (χ1n) is 4.87. The molecule has 15 heavy (non-hydrogen) atoms. The lowest BCUT2D eigenvalue weighted by Crippen LogP contribution is -1.94. The van der Waals surface area contributed by atoms with Crippen molar-refractivity contribution in [3.05, 3.63) is 41.5 Å². The van der Waals surface area contributed by atoms with Gasteiger partial charge in [-0.2, -0.15) is 4.98 Å². The molecule has 0 spiro atoms. The van der Waals surface area contributed by atoms with Crippen LogP contribution in [0, 0.1) is 6.92 Å². The zero-order chi connectivity index (χ0) is 10.7. The molecule has 0 aliphatic heterocycles. The predicted molar refractivity (Wildman–Crippen MR) is 57.3 cm³/mol. The second-order valence-corrected chi connectivity index (χ2v) is 3.47. The van der Waals surface area contributed by atoms with Crippen LogP contribution in [0.5, 0.6) is 0 Å². The van der Waals surface area contributed by atoms with Crippen molar-refractivity contribution in [2.75, 3.05) is 5.73 Å². The standard InChI is InChI=1S/C11H13N3O/c1-8-13-11(14-15-8)7-4-9-2-5-10(12)6-3-9/h2-3,5-6H,4,7,12H2,1H3. The van der Waals surface area contributed by atoms with Crippen molar-refractivity contribution in [3.63, 3.8) is 0 Å². The number of rotatable bonds is 3. The van der Waals surface area contributed by atoms with E-state index in [2.05, 4.69) is 10.1 Å². The van der Waals surface area contributed by atoms with Crippen molar-refractivity contribution in [3.8, 4) is 0 Å². The number of nitrogens with zero attached hydrogens (tertiary/aromatic N) is 2. The fraction of sp³-hybridized carbons (Fsp3) is 0.273. The van der Waals surface area contributed by atoms with Crippen molar-refractivity contribution in [1.82, 2.24) is 10.1 Å². The van der Waals surface area contributed by atoms with Gasteiger partial charge in [0.15, 0.2) is 5.82 Å². The summed E-state index contributed by atoms with van der Waals surface area (Å²) < 4.78 is 4.89. The second-order valence-electron chi connectivity index (χ2n) is 3.47. The molecule has 0 bridgehead atoms. The molecule has 0 fully saturated rings. The molecule has 1 aromatic heterocycles. The van der Waals surface area contributed by atoms with Crippen LogP contribution in [0.4, 0.5) is 5.69 Å². The molecule has 0 saturated heterocycles. The molecule has 0 unspecified atom stereocenters. The van der Waals surface area contributed by atoms with E-state index in [1.165, 1.54) is 5.56 Å². The molecule has 0 amide bonds. The third-order valence-electron chi connectivity index (χ3n) is 2.19. The minimum atomic E-state index is 0.613. The van der Waals surface area contributed by atoms with Crippen LogP contribution in [0.3, 0.4) is 0 Å². The van der Waals surface area contributed by atoms with Gasteiger partial charge in [0.25, 0.3) is 0 Å². The third kappa shape index (κ3) is 2.56. The highest BCUT2D eigenvalue weighted by Crippen LogP contribution is 2.08. The second kappa shape index (κ2) is 4.13. The van der Waals surface area contributed by atoms with E-state index in [0.717, 1.165) is 24.4 Å². The largest absolute Gasteiger partial charge is 0.399 e. The summed E-state index contributed by atoms with van der Waals surface area (Å²) in [6.45, 7) is 1.79. The van der Waals surface area contributed by atoms with Gasteiger partial charge in [-0.15, -0.1) is 0 Å². The molecule has 78 valence electrons. The van der Waals surface area contributed by atoms with Crippen molar-refractivity contribution in [2.45, 2.75) is 19.8 Å². The maximum atomic E-state index is 5.60. The zero-order valence-corrected chi connectivity index (χ0v) is 8.60. The molecule has 1 aromatic carbocycles. The van der Waals surface area contributed by atoms with Crippen LogP contribution in [0.15, 0.2) is 28.8 Å². The number of aromatic nitrogens is 2. The summed E-state index contributed by atoms with van der Waals surface area (Å²) in [7, 11) is 0. The number of anilines is 1. The zero-order valence-electron chi connectivity index (χ0n) is 8.60. The van der Waals surface area contributed by atoms with Crippen LogP contribution in [0.1, 0.15) is 17.3 Å². The maximum Gasteiger partial charge on any atom is 0.223 e. The molecule has 4 heteroatoms. The van der Waals surface area contributed by atoms with Gasteiger partial charge in [0, 0.05) is 19.0 Å². The van der Waals surface area contributed by atoms with Gasteiger partial charge in [-0.25, -0.2) is 0 Å². The monoisotopic (exact) mass is 203 g/mol. The van der Waals surface area contributed by atoms with Gasteiger partial charge >= 0.3 is 0 Å². The molecule has 0 saturated carbocycles. The highest BCUT2D eigenvalue weighted by atomic mass is 16.5. The Morgan fingerprint density at radius 2 is 1.93 bits per heavy atom. The summed E-state index contributed by atoms with van der Waals surface area (Å²) in [4.78, 5) is 4.14. The molecular weight excluding hydrogens is 190 g/mol. The molecular formula is C11H13N3O. The summed E-state index contributed by atoms with van der Waals surface area (Å²) in [6, 6.07) is 7.83. The van der Waals surface area contributed by atoms with Crippen molar-refractivity contribution in [1.29, 1.82) is 0 Å². The maximum absolute atomic E-state index is 5.60. The van der Waals surface area contributed by atoms with E-state index in [9.17, 15) is 0 Å². The fourth-order valence-electron chi connectivity index (χ4n) is 1.38. The van der Waals surface area contributed by atoms with Gasteiger partial charge in [0.05, 0.1) is 0 Å². The Balaban J connectivity index is 1.96. The molecule has 0 aliphatic carbocycles. The average Bonchev–Trinajstić information content (AvgIpc) is 2.64. The van der Waals surface area contributed by atoms with Crippen LogP contribution < -0.4 is 5.73 Å². The van der Waals surface area contributed by atoms with Gasteiger partial charge in [-0.05, 0) is 24.1 Å². The lowest BCUT2D eigenvalue weighted by molar-refractivity contribution is 0.387. The summed E-state index contributed by atoms with van der Waals surface area (Å²) in [5.41, 5.74) is 7.61. The Bertz CT molecular complexity index is 433. The van der Waals surface area contributed by atoms with Crippen LogP contribution in [0.2, 0.25) is 0 Å². The Labute approximate surface area is 88.1 Å². The van der Waals surface area contributed by atoms with E-state index in [1.807, 2.05) is 24.3 Å². The quantitative estimate of drug-likeness (QED) is 0.772. The number of nitrogens with two attached hydrogens (primary N) is 1. The highest BCUT2D eigenvalue weighted by Gasteiger charge is 2.02. The minimum absolute atomic E-state index is 0.613. The van der Waals surface area contributed by atoms with Crippen molar-refractivity contribution in [2.24, 2.45) is 0 Å². The molecule has 1 heterocycles. The number of nitrogen functional groups attached to an aromatic ring is 1. The number of hydrogen-bond donors (Lipinski definition) is 1. The molecule has 0 radical (unpaired) electrons. The van der Waals surface area contributed by atoms with E-state index in [1.54, 1.807) is 6.92 Å². The fourth-order valence-corrected chi connectivity index (χ4v) is 1.38. The Morgan fingerprint density at radius 3 is 2.53 bits per heavy atom. The minimum Gasteiger partial charge on any atom is -0.399 e. The van der Waals surface area contributed by atoms with Crippen LogP contribution in [-0.4, -0.2) is 10.1 Å². The van der Waals surface area contributed by atoms with E-state index >= 15 is 0 Å². The van der Waals surface area contributed by atoms with E-state index in [0.29, 0.717) is 5.89 Å². The van der Waals surface area contributed by atoms with E-state index < -0.39 is 0 Å². The Kier molecular flexibility index (Phi) is 2.67. The van der Waals surface area contributed by atoms with Crippen LogP contribution in [0.25, 0.3) is 0 Å². The molecule has 0 aliphatic rings. The van der Waals surface area contributed by atoms with Crippen LogP contribution in [-0.2, 0) is 12.8 Å². The van der Waals surface area contributed by atoms with E-state index in [-0.39, 0.29) is 0 Å². The Hall–Kier alpha value is -1.84. The van der Waals surface area contributed by atoms with Gasteiger partial charge < -0.3 is 10.3 Å². The first-order valence-corrected chi connectivity index (χ1v) is 4.87. The first-order chi connectivity index (χ1) is 7.24. The van der Waals surface area contributed by atoms with Gasteiger partial charge in [-0.1, -0.05) is 17.3 Å². The van der Waals surface area contributed by atoms with E-state index in [4.69, 9.17) is 10.3 Å². The normalized spacial score (nSPS) is 10.5. The van der Waals surface area contributed by atoms with Crippen LogP contribution >= 0.6 is 0 Å². The van der Waals surface area contributed by atoms with Gasteiger partial charge in [0.2, 0.25) is 5.89 Å². The Morgan fingerprint density at radius 1 is 1.20 bits per heavy atom. The summed E-state index contributed by atoms with van der Waals surface area (Å²) >= 11 is 0. The summed E-state index contributed by atoms with van der Waals surface area (Å²) in [5.74, 6) is 1.37. The van der Waals surface area contributed by atoms with Crippen molar-refractivity contribution < 1.29 is 4.52 Å². The molecule has 0 atom stereocenters. The molecule has 2 rings (SSSR count).